The quantitative estimate of drug-likeness (QED) is 0.255. The average molecular weight is 517 g/mol. The largest absolute Gasteiger partial charge is 0.356 e. The van der Waals surface area contributed by atoms with Crippen LogP contribution in [0.3, 0.4) is 0 Å². The van der Waals surface area contributed by atoms with Crippen molar-refractivity contribution in [1.29, 1.82) is 0 Å². The molecule has 0 aliphatic carbocycles. The summed E-state index contributed by atoms with van der Waals surface area (Å²) in [5.41, 5.74) is 1.16. The fourth-order valence-corrected chi connectivity index (χ4v) is 4.13. The summed E-state index contributed by atoms with van der Waals surface area (Å²) < 4.78 is 2.33. The van der Waals surface area contributed by atoms with Gasteiger partial charge in [0.1, 0.15) is 16.7 Å². The summed E-state index contributed by atoms with van der Waals surface area (Å²) in [6, 6.07) is 0. The predicted octanol–water partition coefficient (Wildman–Crippen LogP) is 3.50. The molecule has 7 nitrogen and oxygen atoms in total. The smallest absolute Gasteiger partial charge is 0.191 e. The van der Waals surface area contributed by atoms with E-state index >= 15 is 0 Å². The normalized spacial score (nSPS) is 14.4. The fourth-order valence-electron chi connectivity index (χ4n) is 3.23. The van der Waals surface area contributed by atoms with Gasteiger partial charge in [0.2, 0.25) is 0 Å². The van der Waals surface area contributed by atoms with E-state index in [2.05, 4.69) is 54.6 Å². The lowest BCUT2D eigenvalue weighted by molar-refractivity contribution is 0.594. The Morgan fingerprint density at radius 3 is 2.86 bits per heavy atom. The molecule has 28 heavy (non-hydrogen) atoms. The second-order valence-electron chi connectivity index (χ2n) is 7.27. The van der Waals surface area contributed by atoms with Gasteiger partial charge in [0.15, 0.2) is 5.96 Å². The standard InChI is InChI=1S/C19H31N7S.HI/c1-14(2)15-13-27-18(23-15)12-22-19(20-3)21-10-7-9-17-25-24-16-8-5-4-6-11-26(16)17;/h13-14H,4-12H2,1-3H3,(H2,20,21,22);1H. The highest BCUT2D eigenvalue weighted by atomic mass is 127. The summed E-state index contributed by atoms with van der Waals surface area (Å²) in [7, 11) is 1.80. The number of aliphatic imine (C=N–C) groups is 1. The first kappa shape index (κ1) is 23.1. The molecule has 0 amide bonds. The topological polar surface area (TPSA) is 80.0 Å². The number of hydrogen-bond acceptors (Lipinski definition) is 5. The molecule has 0 saturated carbocycles. The van der Waals surface area contributed by atoms with Gasteiger partial charge in [-0.05, 0) is 25.2 Å². The molecule has 3 heterocycles. The van der Waals surface area contributed by atoms with E-state index in [-0.39, 0.29) is 24.0 Å². The Balaban J connectivity index is 0.00000280. The molecule has 2 aromatic heterocycles. The molecule has 0 atom stereocenters. The molecule has 2 N–H and O–H groups in total. The van der Waals surface area contributed by atoms with E-state index in [4.69, 9.17) is 0 Å². The van der Waals surface area contributed by atoms with Gasteiger partial charge in [-0.15, -0.1) is 45.5 Å². The lowest BCUT2D eigenvalue weighted by Gasteiger charge is -2.11. The molecule has 0 aromatic carbocycles. The van der Waals surface area contributed by atoms with Gasteiger partial charge in [0, 0.05) is 38.4 Å². The first-order valence-corrected chi connectivity index (χ1v) is 10.8. The zero-order chi connectivity index (χ0) is 19.1. The third-order valence-electron chi connectivity index (χ3n) is 4.85. The highest BCUT2D eigenvalue weighted by molar-refractivity contribution is 14.0. The maximum atomic E-state index is 4.65. The van der Waals surface area contributed by atoms with Gasteiger partial charge in [-0.25, -0.2) is 4.98 Å². The fraction of sp³-hybridized carbons (Fsp3) is 0.684. The number of nitrogens with one attached hydrogen (secondary N) is 2. The van der Waals surface area contributed by atoms with E-state index in [1.165, 1.54) is 19.3 Å². The number of guanidine groups is 1. The lowest BCUT2D eigenvalue weighted by Crippen LogP contribution is -2.37. The first-order valence-electron chi connectivity index (χ1n) is 9.97. The summed E-state index contributed by atoms with van der Waals surface area (Å²) in [6.07, 6.45) is 6.79. The molecule has 0 spiro atoms. The zero-order valence-electron chi connectivity index (χ0n) is 17.1. The lowest BCUT2D eigenvalue weighted by atomic mass is 10.2. The van der Waals surface area contributed by atoms with Gasteiger partial charge in [0.05, 0.1) is 12.2 Å². The van der Waals surface area contributed by atoms with Crippen molar-refractivity contribution < 1.29 is 0 Å². The van der Waals surface area contributed by atoms with Crippen molar-refractivity contribution in [3.05, 3.63) is 27.7 Å². The van der Waals surface area contributed by atoms with Crippen molar-refractivity contribution in [2.24, 2.45) is 4.99 Å². The third-order valence-corrected chi connectivity index (χ3v) is 5.71. The maximum Gasteiger partial charge on any atom is 0.191 e. The molecule has 3 rings (SSSR count). The molecule has 2 aromatic rings. The van der Waals surface area contributed by atoms with Crippen molar-refractivity contribution in [3.63, 3.8) is 0 Å². The van der Waals surface area contributed by atoms with Crippen LogP contribution in [-0.2, 0) is 25.9 Å². The van der Waals surface area contributed by atoms with E-state index in [1.54, 1.807) is 18.4 Å². The minimum Gasteiger partial charge on any atom is -0.356 e. The van der Waals surface area contributed by atoms with E-state index < -0.39 is 0 Å². The van der Waals surface area contributed by atoms with Gasteiger partial charge in [0.25, 0.3) is 0 Å². The van der Waals surface area contributed by atoms with Crippen LogP contribution in [0.25, 0.3) is 0 Å². The van der Waals surface area contributed by atoms with E-state index in [0.29, 0.717) is 12.5 Å². The summed E-state index contributed by atoms with van der Waals surface area (Å²) in [5, 5.41) is 18.7. The molecule has 1 aliphatic rings. The Morgan fingerprint density at radius 2 is 2.11 bits per heavy atom. The molecule has 0 bridgehead atoms. The van der Waals surface area contributed by atoms with Crippen LogP contribution in [0.5, 0.6) is 0 Å². The number of rotatable bonds is 7. The summed E-state index contributed by atoms with van der Waals surface area (Å²) in [4.78, 5) is 8.95. The first-order chi connectivity index (χ1) is 13.2. The number of aromatic nitrogens is 4. The second kappa shape index (κ2) is 11.7. The summed E-state index contributed by atoms with van der Waals surface area (Å²) >= 11 is 1.70. The van der Waals surface area contributed by atoms with Crippen LogP contribution < -0.4 is 10.6 Å². The Bertz CT molecular complexity index is 753. The minimum atomic E-state index is 0. The molecule has 0 unspecified atom stereocenters. The van der Waals surface area contributed by atoms with Gasteiger partial charge in [-0.2, -0.15) is 0 Å². The van der Waals surface area contributed by atoms with Crippen molar-refractivity contribution in [3.8, 4) is 0 Å². The third kappa shape index (κ3) is 6.40. The van der Waals surface area contributed by atoms with Crippen LogP contribution in [0.2, 0.25) is 0 Å². The van der Waals surface area contributed by atoms with Crippen LogP contribution in [0, 0.1) is 0 Å². The zero-order valence-corrected chi connectivity index (χ0v) is 20.2. The van der Waals surface area contributed by atoms with Crippen molar-refractivity contribution in [2.75, 3.05) is 13.6 Å². The van der Waals surface area contributed by atoms with Crippen LogP contribution in [0.15, 0.2) is 10.4 Å². The number of nitrogens with zero attached hydrogens (tertiary/aromatic N) is 5. The van der Waals surface area contributed by atoms with Gasteiger partial charge in [-0.3, -0.25) is 4.99 Å². The van der Waals surface area contributed by atoms with Gasteiger partial charge >= 0.3 is 0 Å². The molecule has 1 aliphatic heterocycles. The average Bonchev–Trinajstić information content (AvgIpc) is 3.22. The molecule has 156 valence electrons. The van der Waals surface area contributed by atoms with E-state index in [0.717, 1.165) is 60.7 Å². The maximum absolute atomic E-state index is 4.65. The number of thiazole rings is 1. The Kier molecular flexibility index (Phi) is 9.63. The SMILES string of the molecule is CN=C(NCCCc1nnc2n1CCCCC2)NCc1nc(C(C)C)cs1.I. The van der Waals surface area contributed by atoms with Crippen molar-refractivity contribution in [1.82, 2.24) is 30.4 Å². The van der Waals surface area contributed by atoms with Crippen molar-refractivity contribution in [2.45, 2.75) is 71.4 Å². The van der Waals surface area contributed by atoms with Crippen molar-refractivity contribution >= 4 is 41.3 Å². The van der Waals surface area contributed by atoms with Gasteiger partial charge in [-0.1, -0.05) is 20.3 Å². The molecule has 0 radical (unpaired) electrons. The predicted molar refractivity (Wildman–Crippen MR) is 126 cm³/mol. The summed E-state index contributed by atoms with van der Waals surface area (Å²) in [5.74, 6) is 3.58. The minimum absolute atomic E-state index is 0. The Hall–Kier alpha value is -1.23. The number of halogens is 1. The Labute approximate surface area is 188 Å². The Morgan fingerprint density at radius 1 is 1.25 bits per heavy atom. The van der Waals surface area contributed by atoms with E-state index in [1.807, 2.05) is 0 Å². The molecule has 9 heteroatoms. The van der Waals surface area contributed by atoms with E-state index in [9.17, 15) is 0 Å². The van der Waals surface area contributed by atoms with Crippen LogP contribution in [-0.4, -0.2) is 39.3 Å². The van der Waals surface area contributed by atoms with Crippen LogP contribution in [0.1, 0.15) is 67.8 Å². The molecular weight excluding hydrogens is 485 g/mol. The molecular formula is C19H32IN7S. The number of hydrogen-bond donors (Lipinski definition) is 2. The highest BCUT2D eigenvalue weighted by Gasteiger charge is 2.14. The second-order valence-corrected chi connectivity index (χ2v) is 8.21. The monoisotopic (exact) mass is 517 g/mol. The highest BCUT2D eigenvalue weighted by Crippen LogP contribution is 2.17. The van der Waals surface area contributed by atoms with Crippen LogP contribution in [0.4, 0.5) is 0 Å². The van der Waals surface area contributed by atoms with Crippen LogP contribution >= 0.6 is 35.3 Å². The molecule has 0 fully saturated rings. The number of fused-ring (bicyclic) bond motifs is 1. The number of aryl methyl sites for hydroxylation is 2. The van der Waals surface area contributed by atoms with Gasteiger partial charge < -0.3 is 15.2 Å². The summed E-state index contributed by atoms with van der Waals surface area (Å²) in [6.45, 7) is 6.97. The molecule has 0 saturated heterocycles.